The summed E-state index contributed by atoms with van der Waals surface area (Å²) in [5.74, 6) is 0.164. The van der Waals surface area contributed by atoms with Crippen molar-refractivity contribution in [3.8, 4) is 5.75 Å². The Morgan fingerprint density at radius 1 is 1.43 bits per heavy atom. The normalized spacial score (nSPS) is 24.7. The summed E-state index contributed by atoms with van der Waals surface area (Å²) in [7, 11) is 0. The Bertz CT molecular complexity index is 719. The van der Waals surface area contributed by atoms with Crippen LogP contribution in [0.2, 0.25) is 0 Å². The van der Waals surface area contributed by atoms with Crippen LogP contribution in [0.3, 0.4) is 0 Å². The van der Waals surface area contributed by atoms with E-state index in [1.54, 1.807) is 17.6 Å². The molecule has 0 aliphatic heterocycles. The molecule has 0 bridgehead atoms. The molecule has 3 rings (SSSR count). The fraction of sp³-hybridized carbons (Fsp3) is 0.533. The van der Waals surface area contributed by atoms with Crippen LogP contribution in [0.5, 0.6) is 5.75 Å². The predicted molar refractivity (Wildman–Crippen MR) is 82.9 cm³/mol. The van der Waals surface area contributed by atoms with Gasteiger partial charge < -0.3 is 14.4 Å². The molecule has 2 aromatic rings. The molecular weight excluding hydrogens is 377 g/mol. The number of fused-ring (bicyclic) bond motifs is 1. The lowest BCUT2D eigenvalue weighted by molar-refractivity contribution is -0.136. The molecule has 1 aromatic carbocycles. The van der Waals surface area contributed by atoms with Gasteiger partial charge in [-0.2, -0.15) is 13.2 Å². The van der Waals surface area contributed by atoms with Crippen molar-refractivity contribution in [1.82, 2.24) is 9.55 Å². The molecule has 1 heterocycles. The monoisotopic (exact) mass is 392 g/mol. The summed E-state index contributed by atoms with van der Waals surface area (Å²) < 4.78 is 46.9. The molecule has 0 atom stereocenters. The van der Waals surface area contributed by atoms with Crippen molar-refractivity contribution in [3.63, 3.8) is 0 Å². The standard InChI is InChI=1S/C15H16BrF3N2O2/c1-14(22)6-9(7-14)21-8-20-13-11(15(17,18)19)4-10(5-12(13)21)23-3-2-16/h4-5,8-9,22H,2-3,6-7H2,1H3. The fourth-order valence-electron chi connectivity index (χ4n) is 3.01. The number of imidazole rings is 1. The van der Waals surface area contributed by atoms with Gasteiger partial charge in [0, 0.05) is 17.4 Å². The number of ether oxygens (including phenoxy) is 1. The van der Waals surface area contributed by atoms with E-state index in [-0.39, 0.29) is 23.9 Å². The zero-order valence-corrected chi connectivity index (χ0v) is 14.0. The van der Waals surface area contributed by atoms with Gasteiger partial charge in [0.15, 0.2) is 0 Å². The molecule has 0 spiro atoms. The van der Waals surface area contributed by atoms with E-state index in [1.807, 2.05) is 0 Å². The minimum atomic E-state index is -4.50. The lowest BCUT2D eigenvalue weighted by Crippen LogP contribution is -2.41. The van der Waals surface area contributed by atoms with Crippen molar-refractivity contribution in [2.45, 2.75) is 37.6 Å². The summed E-state index contributed by atoms with van der Waals surface area (Å²) in [6.07, 6.45) is -2.11. The zero-order chi connectivity index (χ0) is 16.8. The highest BCUT2D eigenvalue weighted by Crippen LogP contribution is 2.44. The highest BCUT2D eigenvalue weighted by atomic mass is 79.9. The van der Waals surface area contributed by atoms with E-state index in [9.17, 15) is 18.3 Å². The number of aromatic nitrogens is 2. The quantitative estimate of drug-likeness (QED) is 0.802. The van der Waals surface area contributed by atoms with Gasteiger partial charge in [-0.3, -0.25) is 0 Å². The van der Waals surface area contributed by atoms with Crippen LogP contribution in [0.15, 0.2) is 18.5 Å². The number of rotatable bonds is 4. The van der Waals surface area contributed by atoms with Gasteiger partial charge in [0.1, 0.15) is 11.3 Å². The molecule has 126 valence electrons. The summed E-state index contributed by atoms with van der Waals surface area (Å²) in [6, 6.07) is 2.51. The molecule has 0 unspecified atom stereocenters. The van der Waals surface area contributed by atoms with Crippen molar-refractivity contribution >= 4 is 27.0 Å². The number of hydrogen-bond donors (Lipinski definition) is 1. The van der Waals surface area contributed by atoms with Crippen molar-refractivity contribution in [3.05, 3.63) is 24.0 Å². The third kappa shape index (κ3) is 3.19. The summed E-state index contributed by atoms with van der Waals surface area (Å²) in [6.45, 7) is 1.99. The summed E-state index contributed by atoms with van der Waals surface area (Å²) in [5.41, 5.74) is -1.28. The maximum atomic E-state index is 13.3. The third-order valence-corrected chi connectivity index (χ3v) is 4.37. The number of nitrogens with zero attached hydrogens (tertiary/aromatic N) is 2. The first-order valence-corrected chi connectivity index (χ1v) is 8.32. The van der Waals surface area contributed by atoms with Gasteiger partial charge in [-0.05, 0) is 25.8 Å². The number of hydrogen-bond acceptors (Lipinski definition) is 3. The molecule has 1 aliphatic carbocycles. The maximum absolute atomic E-state index is 13.3. The first-order valence-electron chi connectivity index (χ1n) is 7.20. The molecule has 0 radical (unpaired) electrons. The molecule has 23 heavy (non-hydrogen) atoms. The minimum absolute atomic E-state index is 0.0532. The largest absolute Gasteiger partial charge is 0.493 e. The van der Waals surface area contributed by atoms with Gasteiger partial charge in [0.2, 0.25) is 0 Å². The maximum Gasteiger partial charge on any atom is 0.418 e. The van der Waals surface area contributed by atoms with E-state index in [2.05, 4.69) is 20.9 Å². The van der Waals surface area contributed by atoms with Crippen LogP contribution in [0.4, 0.5) is 13.2 Å². The van der Waals surface area contributed by atoms with Crippen molar-refractivity contribution < 1.29 is 23.0 Å². The SMILES string of the molecule is CC1(O)CC(n2cnc3c(C(F)(F)F)cc(OCCBr)cc32)C1. The van der Waals surface area contributed by atoms with Gasteiger partial charge in [0.05, 0.1) is 29.6 Å². The molecule has 0 saturated heterocycles. The molecule has 1 aliphatic rings. The van der Waals surface area contributed by atoms with E-state index in [4.69, 9.17) is 4.74 Å². The first kappa shape index (κ1) is 16.6. The van der Waals surface area contributed by atoms with E-state index < -0.39 is 17.3 Å². The molecule has 1 aromatic heterocycles. The Morgan fingerprint density at radius 2 is 2.13 bits per heavy atom. The van der Waals surface area contributed by atoms with Crippen molar-refractivity contribution in [2.24, 2.45) is 0 Å². The number of aliphatic hydroxyl groups is 1. The molecule has 1 N–H and O–H groups in total. The third-order valence-electron chi connectivity index (χ3n) is 4.05. The van der Waals surface area contributed by atoms with Crippen LogP contribution in [-0.2, 0) is 6.18 Å². The summed E-state index contributed by atoms with van der Waals surface area (Å²) in [5, 5.41) is 10.4. The minimum Gasteiger partial charge on any atom is -0.493 e. The number of halogens is 4. The molecule has 8 heteroatoms. The van der Waals surface area contributed by atoms with Gasteiger partial charge in [0.25, 0.3) is 0 Å². The van der Waals surface area contributed by atoms with Crippen LogP contribution in [0.25, 0.3) is 11.0 Å². The lowest BCUT2D eigenvalue weighted by Gasteiger charge is -2.41. The van der Waals surface area contributed by atoms with Crippen LogP contribution >= 0.6 is 15.9 Å². The first-order chi connectivity index (χ1) is 10.7. The number of alkyl halides is 4. The van der Waals surface area contributed by atoms with Crippen LogP contribution in [0, 0.1) is 0 Å². The van der Waals surface area contributed by atoms with Crippen molar-refractivity contribution in [2.75, 3.05) is 11.9 Å². The Balaban J connectivity index is 2.07. The van der Waals surface area contributed by atoms with Gasteiger partial charge >= 0.3 is 6.18 Å². The summed E-state index contributed by atoms with van der Waals surface area (Å²) in [4.78, 5) is 3.95. The Kier molecular flexibility index (Phi) is 4.08. The van der Waals surface area contributed by atoms with Crippen LogP contribution < -0.4 is 4.74 Å². The van der Waals surface area contributed by atoms with Gasteiger partial charge in [-0.15, -0.1) is 0 Å². The van der Waals surface area contributed by atoms with Gasteiger partial charge in [-0.25, -0.2) is 4.98 Å². The van der Waals surface area contributed by atoms with Crippen LogP contribution in [-0.4, -0.2) is 32.2 Å². The van der Waals surface area contributed by atoms with E-state index >= 15 is 0 Å². The van der Waals surface area contributed by atoms with E-state index in [0.717, 1.165) is 6.07 Å². The van der Waals surface area contributed by atoms with Gasteiger partial charge in [-0.1, -0.05) is 15.9 Å². The topological polar surface area (TPSA) is 47.3 Å². The Hall–Kier alpha value is -1.28. The molecule has 4 nitrogen and oxygen atoms in total. The van der Waals surface area contributed by atoms with E-state index in [0.29, 0.717) is 23.7 Å². The summed E-state index contributed by atoms with van der Waals surface area (Å²) >= 11 is 3.19. The smallest absolute Gasteiger partial charge is 0.418 e. The molecular formula is C15H16BrF3N2O2. The average molecular weight is 393 g/mol. The highest BCUT2D eigenvalue weighted by Gasteiger charge is 2.41. The second-order valence-corrected chi connectivity index (χ2v) is 6.88. The average Bonchev–Trinajstić information content (AvgIpc) is 2.83. The zero-order valence-electron chi connectivity index (χ0n) is 12.4. The lowest BCUT2D eigenvalue weighted by atomic mass is 9.77. The predicted octanol–water partition coefficient (Wildman–Crippen LogP) is 3.91. The van der Waals surface area contributed by atoms with E-state index in [1.165, 1.54) is 6.33 Å². The second kappa shape index (κ2) is 5.66. The van der Waals surface area contributed by atoms with Crippen LogP contribution in [0.1, 0.15) is 31.4 Å². The highest BCUT2D eigenvalue weighted by molar-refractivity contribution is 9.09. The molecule has 1 saturated carbocycles. The van der Waals surface area contributed by atoms with Crippen molar-refractivity contribution in [1.29, 1.82) is 0 Å². The number of benzene rings is 1. The Labute approximate surface area is 139 Å². The second-order valence-electron chi connectivity index (χ2n) is 6.08. The molecule has 0 amide bonds. The Morgan fingerprint density at radius 3 is 2.70 bits per heavy atom. The fourth-order valence-corrected chi connectivity index (χ4v) is 3.17. The molecule has 1 fully saturated rings.